The predicted octanol–water partition coefficient (Wildman–Crippen LogP) is 7.08. The van der Waals surface area contributed by atoms with Crippen molar-refractivity contribution in [3.8, 4) is 0 Å². The van der Waals surface area contributed by atoms with E-state index < -0.39 is 23.6 Å². The van der Waals surface area contributed by atoms with Crippen LogP contribution in [0.4, 0.5) is 0 Å². The third kappa shape index (κ3) is 43.9. The van der Waals surface area contributed by atoms with Crippen molar-refractivity contribution in [1.29, 1.82) is 0 Å². The fourth-order valence-electron chi connectivity index (χ4n) is 5.10. The first kappa shape index (κ1) is 55.3. The van der Waals surface area contributed by atoms with Crippen molar-refractivity contribution in [2.24, 2.45) is 0 Å². The zero-order chi connectivity index (χ0) is 42.5. The summed E-state index contributed by atoms with van der Waals surface area (Å²) in [5, 5.41) is 14.1. The van der Waals surface area contributed by atoms with E-state index in [0.29, 0.717) is 52.4 Å². The number of carbonyl (C=O) groups excluding carboxylic acids is 4. The lowest BCUT2D eigenvalue weighted by Crippen LogP contribution is -2.44. The minimum Gasteiger partial charge on any atom is -0.481 e. The van der Waals surface area contributed by atoms with Gasteiger partial charge in [0.25, 0.3) is 0 Å². The second-order valence-corrected chi connectivity index (χ2v) is 15.8. The van der Waals surface area contributed by atoms with Gasteiger partial charge in [0.2, 0.25) is 11.8 Å². The summed E-state index contributed by atoms with van der Waals surface area (Å²) in [5.74, 6) is -2.01. The van der Waals surface area contributed by atoms with E-state index in [1.54, 1.807) is 20.8 Å². The molecule has 3 N–H and O–H groups in total. The molecular weight excluding hydrogens is 724 g/mol. The lowest BCUT2D eigenvalue weighted by atomic mass is 10.0. The summed E-state index contributed by atoms with van der Waals surface area (Å²) in [7, 11) is 1.46. The minimum absolute atomic E-state index is 0.0109. The van der Waals surface area contributed by atoms with E-state index in [4.69, 9.17) is 33.5 Å². The second-order valence-electron chi connectivity index (χ2n) is 15.8. The van der Waals surface area contributed by atoms with Gasteiger partial charge in [0, 0.05) is 45.9 Å². The number of ether oxygens (including phenoxy) is 6. The van der Waals surface area contributed by atoms with Crippen LogP contribution in [-0.4, -0.2) is 112 Å². The Hall–Kier alpha value is -2.81. The van der Waals surface area contributed by atoms with E-state index in [0.717, 1.165) is 38.7 Å². The molecule has 0 rings (SSSR count). The average molecular weight is 805 g/mol. The van der Waals surface area contributed by atoms with E-state index in [1.165, 1.54) is 58.5 Å². The first-order chi connectivity index (χ1) is 26.5. The van der Waals surface area contributed by atoms with Crippen molar-refractivity contribution in [1.82, 2.24) is 10.6 Å². The lowest BCUT2D eigenvalue weighted by Gasteiger charge is -2.24. The minimum atomic E-state index is -1.04. The fourth-order valence-corrected chi connectivity index (χ4v) is 5.10. The van der Waals surface area contributed by atoms with Crippen molar-refractivity contribution in [2.75, 3.05) is 59.9 Å². The highest BCUT2D eigenvalue weighted by Gasteiger charge is 2.27. The number of hydrogen-bond acceptors (Lipinski definition) is 11. The summed E-state index contributed by atoms with van der Waals surface area (Å²) in [6.45, 7) is 17.3. The molecule has 0 aliphatic rings. The molecule has 14 nitrogen and oxygen atoms in total. The van der Waals surface area contributed by atoms with Gasteiger partial charge in [0.05, 0.1) is 39.6 Å². The van der Waals surface area contributed by atoms with Crippen LogP contribution in [0.1, 0.15) is 164 Å². The number of amides is 2. The molecule has 1 unspecified atom stereocenters. The number of aliphatic carboxylic acids is 1. The monoisotopic (exact) mass is 805 g/mol. The number of carboxylic acids is 1. The Balaban J connectivity index is 0. The van der Waals surface area contributed by atoms with Gasteiger partial charge in [-0.25, -0.2) is 4.79 Å². The van der Waals surface area contributed by atoms with Gasteiger partial charge in [-0.3, -0.25) is 19.2 Å². The van der Waals surface area contributed by atoms with Gasteiger partial charge in [-0.05, 0) is 67.2 Å². The number of hydrogen-bond donors (Lipinski definition) is 3. The molecule has 56 heavy (non-hydrogen) atoms. The Morgan fingerprint density at radius 3 is 1.48 bits per heavy atom. The SMILES string of the molecule is CCCOCCOCCOCCNC(=O)CCCCCCCCCCCCCCC(=O)OC(C)(C)C.COCCC(=O)NC(CCC(=O)O)C(=O)OC(C)(C)C. The summed E-state index contributed by atoms with van der Waals surface area (Å²) in [4.78, 5) is 57.6. The molecule has 14 heteroatoms. The van der Waals surface area contributed by atoms with Gasteiger partial charge >= 0.3 is 17.9 Å². The molecule has 0 aromatic rings. The number of carboxylic acid groups (broad SMARTS) is 1. The highest BCUT2D eigenvalue weighted by atomic mass is 16.6. The molecule has 0 radical (unpaired) electrons. The molecular formula is C42H80N2O12. The van der Waals surface area contributed by atoms with E-state index >= 15 is 0 Å². The van der Waals surface area contributed by atoms with Gasteiger partial charge in [-0.15, -0.1) is 0 Å². The molecule has 0 aromatic heterocycles. The van der Waals surface area contributed by atoms with Crippen LogP contribution in [-0.2, 0) is 52.4 Å². The zero-order valence-corrected chi connectivity index (χ0v) is 36.4. The molecule has 0 saturated heterocycles. The third-order valence-corrected chi connectivity index (χ3v) is 7.82. The summed E-state index contributed by atoms with van der Waals surface area (Å²) in [6, 6.07) is -0.963. The molecule has 330 valence electrons. The molecule has 0 spiro atoms. The third-order valence-electron chi connectivity index (χ3n) is 7.82. The Labute approximate surface area is 338 Å². The van der Waals surface area contributed by atoms with Gasteiger partial charge < -0.3 is 44.2 Å². The molecule has 0 saturated carbocycles. The Morgan fingerprint density at radius 1 is 0.554 bits per heavy atom. The van der Waals surface area contributed by atoms with Crippen LogP contribution in [0.25, 0.3) is 0 Å². The van der Waals surface area contributed by atoms with Crippen molar-refractivity contribution in [2.45, 2.75) is 181 Å². The first-order valence-corrected chi connectivity index (χ1v) is 21.0. The Bertz CT molecular complexity index is 1010. The molecule has 1 atom stereocenters. The molecule has 0 fully saturated rings. The zero-order valence-electron chi connectivity index (χ0n) is 36.4. The van der Waals surface area contributed by atoms with Crippen molar-refractivity contribution in [3.05, 3.63) is 0 Å². The van der Waals surface area contributed by atoms with E-state index in [2.05, 4.69) is 17.6 Å². The average Bonchev–Trinajstić information content (AvgIpc) is 3.10. The normalized spacial score (nSPS) is 11.9. The Morgan fingerprint density at radius 2 is 1.02 bits per heavy atom. The molecule has 0 bridgehead atoms. The van der Waals surface area contributed by atoms with Crippen molar-refractivity contribution in [3.63, 3.8) is 0 Å². The fraction of sp³-hybridized carbons (Fsp3) is 0.881. The van der Waals surface area contributed by atoms with E-state index in [1.807, 2.05) is 20.8 Å². The van der Waals surface area contributed by atoms with Gasteiger partial charge in [-0.2, -0.15) is 0 Å². The Kier molecular flexibility index (Phi) is 36.1. The summed E-state index contributed by atoms with van der Waals surface area (Å²) < 4.78 is 31.4. The number of unbranched alkanes of at least 4 members (excludes halogenated alkanes) is 11. The van der Waals surface area contributed by atoms with Gasteiger partial charge in [0.15, 0.2) is 0 Å². The van der Waals surface area contributed by atoms with Crippen LogP contribution in [0, 0.1) is 0 Å². The number of carbonyl (C=O) groups is 5. The molecule has 0 aliphatic heterocycles. The lowest BCUT2D eigenvalue weighted by molar-refractivity contribution is -0.159. The number of rotatable bonds is 34. The van der Waals surface area contributed by atoms with Gasteiger partial charge in [-0.1, -0.05) is 71.1 Å². The van der Waals surface area contributed by atoms with E-state index in [-0.39, 0.29) is 49.3 Å². The van der Waals surface area contributed by atoms with Crippen molar-refractivity contribution < 1.29 is 57.5 Å². The van der Waals surface area contributed by atoms with Crippen LogP contribution >= 0.6 is 0 Å². The van der Waals surface area contributed by atoms with Crippen LogP contribution in [0.3, 0.4) is 0 Å². The number of nitrogens with one attached hydrogen (secondary N) is 2. The molecule has 0 heterocycles. The van der Waals surface area contributed by atoms with Crippen LogP contribution in [0.5, 0.6) is 0 Å². The first-order valence-electron chi connectivity index (χ1n) is 21.0. The van der Waals surface area contributed by atoms with Crippen LogP contribution in [0.2, 0.25) is 0 Å². The second kappa shape index (κ2) is 36.5. The van der Waals surface area contributed by atoms with Crippen LogP contribution < -0.4 is 10.6 Å². The summed E-state index contributed by atoms with van der Waals surface area (Å²) in [6.07, 6.45) is 16.3. The number of esters is 2. The summed E-state index contributed by atoms with van der Waals surface area (Å²) in [5.41, 5.74) is -1.07. The molecule has 0 aromatic carbocycles. The maximum atomic E-state index is 11.9. The predicted molar refractivity (Wildman–Crippen MR) is 217 cm³/mol. The highest BCUT2D eigenvalue weighted by Crippen LogP contribution is 2.15. The maximum absolute atomic E-state index is 11.9. The highest BCUT2D eigenvalue weighted by molar-refractivity contribution is 5.85. The van der Waals surface area contributed by atoms with E-state index in [9.17, 15) is 24.0 Å². The maximum Gasteiger partial charge on any atom is 0.329 e. The smallest absolute Gasteiger partial charge is 0.329 e. The number of methoxy groups -OCH3 is 1. The van der Waals surface area contributed by atoms with Gasteiger partial charge in [0.1, 0.15) is 17.2 Å². The van der Waals surface area contributed by atoms with Crippen molar-refractivity contribution >= 4 is 29.7 Å². The summed E-state index contributed by atoms with van der Waals surface area (Å²) >= 11 is 0. The molecule has 0 aliphatic carbocycles. The topological polar surface area (TPSA) is 185 Å². The van der Waals surface area contributed by atoms with Crippen LogP contribution in [0.15, 0.2) is 0 Å². The standard InChI is InChI=1S/C29H57NO6.C13H23NO6/c1-5-21-33-23-25-35-26-24-34-22-20-30-27(31)18-16-14-12-10-8-6-7-9-11-13-15-17-19-28(32)36-29(2,3)4;1-13(2,3)20-12(18)9(5-6-11(16)17)14-10(15)7-8-19-4/h5-26H2,1-4H3,(H,30,31);9H,5-8H2,1-4H3,(H,14,15)(H,16,17). The quantitative estimate of drug-likeness (QED) is 0.0444. The molecule has 2 amide bonds. The largest absolute Gasteiger partial charge is 0.481 e.